The molecule has 3 heteroatoms. The summed E-state index contributed by atoms with van der Waals surface area (Å²) in [4.78, 5) is 11.2. The molecular weight excluding hydrogens is 238 g/mol. The van der Waals surface area contributed by atoms with E-state index in [0.29, 0.717) is 12.0 Å². The van der Waals surface area contributed by atoms with Crippen LogP contribution in [0.4, 0.5) is 0 Å². The molecule has 0 amide bonds. The Morgan fingerprint density at radius 3 is 2.32 bits per heavy atom. The van der Waals surface area contributed by atoms with Crippen LogP contribution in [0.5, 0.6) is 0 Å². The van der Waals surface area contributed by atoms with Gasteiger partial charge >= 0.3 is 5.97 Å². The lowest BCUT2D eigenvalue weighted by molar-refractivity contribution is -0.158. The molecule has 4 bridgehead atoms. The molecule has 0 saturated heterocycles. The first-order chi connectivity index (χ1) is 8.80. The van der Waals surface area contributed by atoms with Crippen LogP contribution in [0, 0.1) is 22.7 Å². The van der Waals surface area contributed by atoms with Gasteiger partial charge in [0.05, 0.1) is 6.42 Å². The molecule has 4 saturated carbocycles. The number of aliphatic carboxylic acids is 1. The second kappa shape index (κ2) is 3.97. The molecule has 4 fully saturated rings. The Labute approximate surface area is 116 Å². The fraction of sp³-hybridized carbons (Fsp3) is 0.938. The highest BCUT2D eigenvalue weighted by molar-refractivity contribution is 5.67. The maximum Gasteiger partial charge on any atom is 0.303 e. The van der Waals surface area contributed by atoms with E-state index in [4.69, 9.17) is 0 Å². The molecule has 4 aliphatic rings. The van der Waals surface area contributed by atoms with Gasteiger partial charge in [0, 0.05) is 5.54 Å². The molecule has 0 radical (unpaired) electrons. The van der Waals surface area contributed by atoms with Crippen molar-refractivity contribution in [2.75, 3.05) is 7.05 Å². The zero-order valence-electron chi connectivity index (χ0n) is 12.5. The lowest BCUT2D eigenvalue weighted by Gasteiger charge is -2.66. The van der Waals surface area contributed by atoms with E-state index in [1.807, 2.05) is 0 Å². The number of carbonyl (C=O) groups is 1. The number of hydrogen-bond acceptors (Lipinski definition) is 2. The summed E-state index contributed by atoms with van der Waals surface area (Å²) in [5.41, 5.74) is 0.469. The summed E-state index contributed by atoms with van der Waals surface area (Å²) in [6.45, 7) is 4.38. The summed E-state index contributed by atoms with van der Waals surface area (Å²) >= 11 is 0. The van der Waals surface area contributed by atoms with Crippen LogP contribution in [0.1, 0.15) is 58.8 Å². The van der Waals surface area contributed by atoms with Gasteiger partial charge in [-0.2, -0.15) is 0 Å². The Morgan fingerprint density at radius 1 is 1.26 bits per heavy atom. The van der Waals surface area contributed by atoms with Gasteiger partial charge in [0.1, 0.15) is 0 Å². The monoisotopic (exact) mass is 265 g/mol. The van der Waals surface area contributed by atoms with Crippen LogP contribution in [-0.4, -0.2) is 23.7 Å². The first-order valence-corrected chi connectivity index (χ1v) is 7.71. The molecule has 4 aliphatic carbocycles. The second-order valence-corrected chi connectivity index (χ2v) is 8.23. The van der Waals surface area contributed by atoms with Gasteiger partial charge in [0.15, 0.2) is 0 Å². The molecular formula is C16H27NO2. The Hall–Kier alpha value is -0.570. The third-order valence-electron chi connectivity index (χ3n) is 6.62. The molecule has 19 heavy (non-hydrogen) atoms. The second-order valence-electron chi connectivity index (χ2n) is 8.23. The normalized spacial score (nSPS) is 44.6. The summed E-state index contributed by atoms with van der Waals surface area (Å²) < 4.78 is 0. The molecule has 2 N–H and O–H groups in total. The fourth-order valence-corrected chi connectivity index (χ4v) is 5.91. The maximum absolute atomic E-state index is 11.2. The minimum atomic E-state index is -0.640. The van der Waals surface area contributed by atoms with Gasteiger partial charge in [-0.1, -0.05) is 13.8 Å². The van der Waals surface area contributed by atoms with Gasteiger partial charge in [0.25, 0.3) is 0 Å². The van der Waals surface area contributed by atoms with Crippen molar-refractivity contribution in [3.63, 3.8) is 0 Å². The van der Waals surface area contributed by atoms with Gasteiger partial charge in [-0.25, -0.2) is 0 Å². The highest BCUT2D eigenvalue weighted by atomic mass is 16.4. The molecule has 2 unspecified atom stereocenters. The molecule has 3 nitrogen and oxygen atoms in total. The molecule has 0 heterocycles. The van der Waals surface area contributed by atoms with E-state index in [1.165, 1.54) is 38.5 Å². The quantitative estimate of drug-likeness (QED) is 0.821. The SMILES string of the molecule is CNC12CC3CC(C1)CC(C(C)(C)CC(=O)O)(C3)C2. The van der Waals surface area contributed by atoms with Gasteiger partial charge in [-0.3, -0.25) is 4.79 Å². The molecule has 0 spiro atoms. The van der Waals surface area contributed by atoms with Crippen molar-refractivity contribution >= 4 is 5.97 Å². The molecule has 2 atom stereocenters. The van der Waals surface area contributed by atoms with Gasteiger partial charge in [0.2, 0.25) is 0 Å². The Bertz CT molecular complexity index is 388. The summed E-state index contributed by atoms with van der Waals surface area (Å²) in [5.74, 6) is 1.00. The molecule has 4 rings (SSSR count). The molecule has 0 aromatic heterocycles. The van der Waals surface area contributed by atoms with Gasteiger partial charge < -0.3 is 10.4 Å². The molecule has 108 valence electrons. The van der Waals surface area contributed by atoms with Crippen molar-refractivity contribution in [3.05, 3.63) is 0 Å². The van der Waals surface area contributed by atoms with Crippen molar-refractivity contribution in [1.29, 1.82) is 0 Å². The number of hydrogen-bond donors (Lipinski definition) is 2. The zero-order chi connectivity index (χ0) is 13.9. The van der Waals surface area contributed by atoms with E-state index in [0.717, 1.165) is 11.8 Å². The Balaban J connectivity index is 1.94. The summed E-state index contributed by atoms with van der Waals surface area (Å²) in [5, 5.41) is 12.9. The zero-order valence-corrected chi connectivity index (χ0v) is 12.5. The van der Waals surface area contributed by atoms with Crippen LogP contribution in [0.3, 0.4) is 0 Å². The molecule has 0 aromatic rings. The average molecular weight is 265 g/mol. The highest BCUT2D eigenvalue weighted by Crippen LogP contribution is 2.67. The van der Waals surface area contributed by atoms with Crippen LogP contribution in [0.25, 0.3) is 0 Å². The summed E-state index contributed by atoms with van der Waals surface area (Å²) in [7, 11) is 2.10. The lowest BCUT2D eigenvalue weighted by atomic mass is 9.41. The number of carboxylic acid groups (broad SMARTS) is 1. The maximum atomic E-state index is 11.2. The first-order valence-electron chi connectivity index (χ1n) is 7.71. The minimum Gasteiger partial charge on any atom is -0.481 e. The van der Waals surface area contributed by atoms with E-state index >= 15 is 0 Å². The number of carboxylic acids is 1. The van der Waals surface area contributed by atoms with Crippen LogP contribution >= 0.6 is 0 Å². The van der Waals surface area contributed by atoms with Crippen molar-refractivity contribution in [2.45, 2.75) is 64.3 Å². The predicted octanol–water partition coefficient (Wildman–Crippen LogP) is 3.05. The van der Waals surface area contributed by atoms with Gasteiger partial charge in [-0.05, 0) is 68.2 Å². The molecule has 0 aromatic carbocycles. The molecule has 0 aliphatic heterocycles. The number of nitrogens with one attached hydrogen (secondary N) is 1. The van der Waals surface area contributed by atoms with Crippen LogP contribution in [-0.2, 0) is 4.79 Å². The van der Waals surface area contributed by atoms with Crippen molar-refractivity contribution in [3.8, 4) is 0 Å². The van der Waals surface area contributed by atoms with Gasteiger partial charge in [-0.15, -0.1) is 0 Å². The largest absolute Gasteiger partial charge is 0.481 e. The van der Waals surface area contributed by atoms with Crippen LogP contribution < -0.4 is 5.32 Å². The van der Waals surface area contributed by atoms with E-state index in [-0.39, 0.29) is 10.8 Å². The van der Waals surface area contributed by atoms with E-state index in [9.17, 15) is 9.90 Å². The van der Waals surface area contributed by atoms with Crippen LogP contribution in [0.15, 0.2) is 0 Å². The summed E-state index contributed by atoms with van der Waals surface area (Å²) in [6, 6.07) is 0. The Morgan fingerprint density at radius 2 is 1.84 bits per heavy atom. The lowest BCUT2D eigenvalue weighted by Crippen LogP contribution is -2.64. The average Bonchev–Trinajstić information content (AvgIpc) is 2.25. The minimum absolute atomic E-state index is 0.0846. The number of rotatable bonds is 4. The van der Waals surface area contributed by atoms with Crippen molar-refractivity contribution in [1.82, 2.24) is 5.32 Å². The van der Waals surface area contributed by atoms with E-state index in [2.05, 4.69) is 26.2 Å². The van der Waals surface area contributed by atoms with Crippen molar-refractivity contribution < 1.29 is 9.90 Å². The first kappa shape index (κ1) is 13.4. The van der Waals surface area contributed by atoms with Crippen LogP contribution in [0.2, 0.25) is 0 Å². The third kappa shape index (κ3) is 1.93. The van der Waals surface area contributed by atoms with E-state index in [1.54, 1.807) is 0 Å². The summed E-state index contributed by atoms with van der Waals surface area (Å²) in [6.07, 6.45) is 8.01. The van der Waals surface area contributed by atoms with E-state index < -0.39 is 5.97 Å². The van der Waals surface area contributed by atoms with Crippen molar-refractivity contribution in [2.24, 2.45) is 22.7 Å². The third-order valence-corrected chi connectivity index (χ3v) is 6.62. The standard InChI is InChI=1S/C16H27NO2/c1-14(2,9-13(18)19)15-5-11-4-12(6-15)8-16(7-11,10-15)17-3/h11-12,17H,4-10H2,1-3H3,(H,18,19). The smallest absolute Gasteiger partial charge is 0.303 e. The topological polar surface area (TPSA) is 49.3 Å². The fourth-order valence-electron chi connectivity index (χ4n) is 5.91. The highest BCUT2D eigenvalue weighted by Gasteiger charge is 2.61. The predicted molar refractivity (Wildman–Crippen MR) is 74.9 cm³/mol. The Kier molecular flexibility index (Phi) is 2.80.